The van der Waals surface area contributed by atoms with Crippen molar-refractivity contribution in [2.45, 2.75) is 13.8 Å². The smallest absolute Gasteiger partial charge is 0.229 e. The standard InChI is InChI=1S/C14H20N6/c1-9-8-10(2)16-13-11(9)12(15)17-14(18-13)20-6-4-19(3)5-7-20/h8H,4-7H2,1-3H3,(H2,15,16,17,18). The van der Waals surface area contributed by atoms with Crippen molar-refractivity contribution in [2.24, 2.45) is 0 Å². The molecule has 20 heavy (non-hydrogen) atoms. The number of anilines is 2. The molecule has 106 valence electrons. The largest absolute Gasteiger partial charge is 0.383 e. The Morgan fingerprint density at radius 2 is 1.75 bits per heavy atom. The summed E-state index contributed by atoms with van der Waals surface area (Å²) in [5, 5.41) is 0.869. The molecule has 3 heterocycles. The van der Waals surface area contributed by atoms with E-state index in [0.717, 1.165) is 42.8 Å². The van der Waals surface area contributed by atoms with Gasteiger partial charge >= 0.3 is 0 Å². The number of rotatable bonds is 1. The predicted octanol–water partition coefficient (Wildman–Crippen LogP) is 0.976. The summed E-state index contributed by atoms with van der Waals surface area (Å²) < 4.78 is 0. The summed E-state index contributed by atoms with van der Waals surface area (Å²) in [5.74, 6) is 1.22. The first-order valence-corrected chi connectivity index (χ1v) is 6.89. The van der Waals surface area contributed by atoms with Crippen LogP contribution in [-0.4, -0.2) is 53.1 Å². The van der Waals surface area contributed by atoms with Gasteiger partial charge in [-0.05, 0) is 32.5 Å². The highest BCUT2D eigenvalue weighted by Crippen LogP contribution is 2.24. The molecule has 0 aliphatic carbocycles. The first-order chi connectivity index (χ1) is 9.54. The van der Waals surface area contributed by atoms with E-state index in [1.54, 1.807) is 0 Å². The Labute approximate surface area is 118 Å². The average Bonchev–Trinajstić information content (AvgIpc) is 2.38. The molecular formula is C14H20N6. The van der Waals surface area contributed by atoms with Crippen LogP contribution in [-0.2, 0) is 0 Å². The van der Waals surface area contributed by atoms with E-state index in [-0.39, 0.29) is 0 Å². The van der Waals surface area contributed by atoms with Gasteiger partial charge in [-0.2, -0.15) is 9.97 Å². The molecule has 0 amide bonds. The molecule has 0 spiro atoms. The molecule has 0 saturated carbocycles. The fraction of sp³-hybridized carbons (Fsp3) is 0.500. The van der Waals surface area contributed by atoms with E-state index in [2.05, 4.69) is 31.8 Å². The van der Waals surface area contributed by atoms with Gasteiger partial charge in [0, 0.05) is 31.9 Å². The van der Waals surface area contributed by atoms with Crippen LogP contribution in [0.3, 0.4) is 0 Å². The normalized spacial score (nSPS) is 16.9. The van der Waals surface area contributed by atoms with Crippen LogP contribution in [0.4, 0.5) is 11.8 Å². The summed E-state index contributed by atoms with van der Waals surface area (Å²) in [6.45, 7) is 7.87. The maximum absolute atomic E-state index is 6.11. The van der Waals surface area contributed by atoms with Crippen LogP contribution in [0.15, 0.2) is 6.07 Å². The van der Waals surface area contributed by atoms with Crippen LogP contribution in [0.1, 0.15) is 11.3 Å². The van der Waals surface area contributed by atoms with Crippen molar-refractivity contribution >= 4 is 22.8 Å². The third kappa shape index (κ3) is 2.27. The van der Waals surface area contributed by atoms with Crippen molar-refractivity contribution in [3.05, 3.63) is 17.3 Å². The number of nitrogens with two attached hydrogens (primary N) is 1. The van der Waals surface area contributed by atoms with Crippen LogP contribution in [0.2, 0.25) is 0 Å². The first-order valence-electron chi connectivity index (χ1n) is 6.89. The van der Waals surface area contributed by atoms with Crippen molar-refractivity contribution in [2.75, 3.05) is 43.9 Å². The van der Waals surface area contributed by atoms with Crippen LogP contribution < -0.4 is 10.6 Å². The van der Waals surface area contributed by atoms with Crippen LogP contribution in [0, 0.1) is 13.8 Å². The second-order valence-electron chi connectivity index (χ2n) is 5.48. The van der Waals surface area contributed by atoms with Gasteiger partial charge in [0.05, 0.1) is 5.39 Å². The fourth-order valence-electron chi connectivity index (χ4n) is 2.65. The van der Waals surface area contributed by atoms with Gasteiger partial charge in [-0.15, -0.1) is 0 Å². The minimum atomic E-state index is 0.522. The lowest BCUT2D eigenvalue weighted by molar-refractivity contribution is 0.311. The highest BCUT2D eigenvalue weighted by molar-refractivity contribution is 5.89. The Morgan fingerprint density at radius 1 is 1.05 bits per heavy atom. The summed E-state index contributed by atoms with van der Waals surface area (Å²) in [6, 6.07) is 2.01. The van der Waals surface area contributed by atoms with Crippen LogP contribution in [0.25, 0.3) is 11.0 Å². The molecule has 0 radical (unpaired) electrons. The summed E-state index contributed by atoms with van der Waals surface area (Å²) in [6.07, 6.45) is 0. The van der Waals surface area contributed by atoms with Gasteiger partial charge in [-0.1, -0.05) is 0 Å². The number of pyridine rings is 1. The molecule has 1 aliphatic heterocycles. The Balaban J connectivity index is 2.05. The Hall–Kier alpha value is -1.95. The number of piperazine rings is 1. The van der Waals surface area contributed by atoms with Gasteiger partial charge in [0.1, 0.15) is 5.82 Å². The number of hydrogen-bond donors (Lipinski definition) is 1. The molecule has 2 aromatic rings. The third-order valence-corrected chi connectivity index (χ3v) is 3.79. The Kier molecular flexibility index (Phi) is 3.17. The molecule has 1 saturated heterocycles. The van der Waals surface area contributed by atoms with Gasteiger partial charge in [-0.25, -0.2) is 4.98 Å². The monoisotopic (exact) mass is 272 g/mol. The predicted molar refractivity (Wildman–Crippen MR) is 80.9 cm³/mol. The molecule has 2 aromatic heterocycles. The van der Waals surface area contributed by atoms with E-state index >= 15 is 0 Å². The maximum atomic E-state index is 6.11. The zero-order valence-electron chi connectivity index (χ0n) is 12.2. The highest BCUT2D eigenvalue weighted by Gasteiger charge is 2.18. The minimum Gasteiger partial charge on any atom is -0.383 e. The molecule has 1 fully saturated rings. The maximum Gasteiger partial charge on any atom is 0.229 e. The van der Waals surface area contributed by atoms with Crippen LogP contribution >= 0.6 is 0 Å². The molecule has 3 rings (SSSR count). The fourth-order valence-corrected chi connectivity index (χ4v) is 2.65. The van der Waals surface area contributed by atoms with Crippen molar-refractivity contribution in [3.63, 3.8) is 0 Å². The SMILES string of the molecule is Cc1cc(C)c2c(N)nc(N3CCN(C)CC3)nc2n1. The molecule has 1 aliphatic rings. The van der Waals surface area contributed by atoms with E-state index in [1.165, 1.54) is 0 Å². The number of nitrogen functional groups attached to an aromatic ring is 1. The van der Waals surface area contributed by atoms with Gasteiger partial charge < -0.3 is 15.5 Å². The summed E-state index contributed by atoms with van der Waals surface area (Å²) >= 11 is 0. The number of fused-ring (bicyclic) bond motifs is 1. The van der Waals surface area contributed by atoms with Gasteiger partial charge in [0.2, 0.25) is 5.95 Å². The average molecular weight is 272 g/mol. The van der Waals surface area contributed by atoms with E-state index < -0.39 is 0 Å². The lowest BCUT2D eigenvalue weighted by atomic mass is 10.1. The summed E-state index contributed by atoms with van der Waals surface area (Å²) in [4.78, 5) is 18.1. The second kappa shape index (κ2) is 4.86. The zero-order valence-corrected chi connectivity index (χ0v) is 12.2. The summed E-state index contributed by atoms with van der Waals surface area (Å²) in [7, 11) is 2.13. The highest BCUT2D eigenvalue weighted by atomic mass is 15.3. The van der Waals surface area contributed by atoms with Crippen molar-refractivity contribution in [1.29, 1.82) is 0 Å². The van der Waals surface area contributed by atoms with Crippen molar-refractivity contribution in [3.8, 4) is 0 Å². The molecule has 0 aromatic carbocycles. The first kappa shape index (κ1) is 13.1. The second-order valence-corrected chi connectivity index (χ2v) is 5.48. The number of nitrogens with zero attached hydrogens (tertiary/aromatic N) is 5. The Bertz CT molecular complexity index is 646. The molecule has 6 heteroatoms. The van der Waals surface area contributed by atoms with Crippen molar-refractivity contribution < 1.29 is 0 Å². The van der Waals surface area contributed by atoms with Crippen molar-refractivity contribution in [1.82, 2.24) is 19.9 Å². The van der Waals surface area contributed by atoms with Crippen LogP contribution in [0.5, 0.6) is 0 Å². The molecule has 0 bridgehead atoms. The molecule has 0 unspecified atom stereocenters. The molecule has 0 atom stereocenters. The summed E-state index contributed by atoms with van der Waals surface area (Å²) in [5.41, 5.74) is 8.85. The lowest BCUT2D eigenvalue weighted by Gasteiger charge is -2.32. The van der Waals surface area contributed by atoms with E-state index in [4.69, 9.17) is 5.73 Å². The number of aryl methyl sites for hydroxylation is 2. The topological polar surface area (TPSA) is 71.2 Å². The van der Waals surface area contributed by atoms with E-state index in [0.29, 0.717) is 17.4 Å². The minimum absolute atomic E-state index is 0.522. The van der Waals surface area contributed by atoms with Gasteiger partial charge in [-0.3, -0.25) is 0 Å². The number of hydrogen-bond acceptors (Lipinski definition) is 6. The third-order valence-electron chi connectivity index (χ3n) is 3.79. The zero-order chi connectivity index (χ0) is 14.3. The lowest BCUT2D eigenvalue weighted by Crippen LogP contribution is -2.45. The number of likely N-dealkylation sites (N-methyl/N-ethyl adjacent to an activating group) is 1. The number of aromatic nitrogens is 3. The van der Waals surface area contributed by atoms with Gasteiger partial charge in [0.15, 0.2) is 5.65 Å². The molecule has 6 nitrogen and oxygen atoms in total. The van der Waals surface area contributed by atoms with Gasteiger partial charge in [0.25, 0.3) is 0 Å². The quantitative estimate of drug-likeness (QED) is 0.834. The Morgan fingerprint density at radius 3 is 2.45 bits per heavy atom. The van der Waals surface area contributed by atoms with E-state index in [1.807, 2.05) is 19.9 Å². The van der Waals surface area contributed by atoms with E-state index in [9.17, 15) is 0 Å². The molecular weight excluding hydrogens is 252 g/mol. The molecule has 2 N–H and O–H groups in total.